The van der Waals surface area contributed by atoms with Gasteiger partial charge in [-0.05, 0) is 52.3 Å². The summed E-state index contributed by atoms with van der Waals surface area (Å²) in [5.41, 5.74) is 0.742. The van der Waals surface area contributed by atoms with E-state index in [1.54, 1.807) is 6.07 Å². The number of hydrogen-bond donors (Lipinski definition) is 2. The topological polar surface area (TPSA) is 41.1 Å². The van der Waals surface area contributed by atoms with Crippen molar-refractivity contribution in [1.82, 2.24) is 0 Å². The Balaban J connectivity index is 2.05. The summed E-state index contributed by atoms with van der Waals surface area (Å²) in [5.74, 6) is -0.858. The van der Waals surface area contributed by atoms with Gasteiger partial charge in [-0.25, -0.2) is 13.6 Å². The largest absolute Gasteiger partial charge is 0.323 e. The third kappa shape index (κ3) is 3.75. The highest BCUT2D eigenvalue weighted by Gasteiger charge is 2.06. The molecule has 0 heterocycles. The van der Waals surface area contributed by atoms with Crippen LogP contribution in [-0.4, -0.2) is 6.03 Å². The Morgan fingerprint density at radius 3 is 2.42 bits per heavy atom. The Kier molecular flexibility index (Phi) is 4.11. The molecule has 0 saturated heterocycles. The van der Waals surface area contributed by atoms with Crippen molar-refractivity contribution in [2.45, 2.75) is 0 Å². The lowest BCUT2D eigenvalue weighted by Crippen LogP contribution is -2.19. The van der Waals surface area contributed by atoms with Crippen molar-refractivity contribution < 1.29 is 13.6 Å². The van der Waals surface area contributed by atoms with Crippen molar-refractivity contribution in [1.29, 1.82) is 0 Å². The van der Waals surface area contributed by atoms with E-state index >= 15 is 0 Å². The molecule has 2 aromatic rings. The van der Waals surface area contributed by atoms with Crippen molar-refractivity contribution in [3.63, 3.8) is 0 Å². The fraction of sp³-hybridized carbons (Fsp3) is 0. The van der Waals surface area contributed by atoms with E-state index in [4.69, 9.17) is 0 Å². The van der Waals surface area contributed by atoms with Crippen LogP contribution in [-0.2, 0) is 0 Å². The van der Waals surface area contributed by atoms with E-state index in [0.29, 0.717) is 15.8 Å². The number of benzene rings is 2. The van der Waals surface area contributed by atoms with Gasteiger partial charge in [-0.2, -0.15) is 0 Å². The van der Waals surface area contributed by atoms with Gasteiger partial charge >= 0.3 is 6.03 Å². The molecule has 0 aliphatic carbocycles. The molecule has 0 aliphatic heterocycles. The van der Waals surface area contributed by atoms with Crippen LogP contribution in [0.4, 0.5) is 25.0 Å². The van der Waals surface area contributed by atoms with Crippen LogP contribution in [0.3, 0.4) is 0 Å². The minimum atomic E-state index is -0.544. The number of halogens is 3. The first-order valence-electron chi connectivity index (χ1n) is 5.33. The monoisotopic (exact) mass is 326 g/mol. The Labute approximate surface area is 116 Å². The summed E-state index contributed by atoms with van der Waals surface area (Å²) in [6.07, 6.45) is 0. The Hall–Kier alpha value is -1.95. The number of hydrogen-bond acceptors (Lipinski definition) is 1. The summed E-state index contributed by atoms with van der Waals surface area (Å²) < 4.78 is 26.2. The highest BCUT2D eigenvalue weighted by atomic mass is 79.9. The molecule has 2 rings (SSSR count). The second kappa shape index (κ2) is 5.79. The molecule has 2 amide bonds. The van der Waals surface area contributed by atoms with Crippen molar-refractivity contribution >= 4 is 33.3 Å². The fourth-order valence-corrected chi connectivity index (χ4v) is 1.89. The van der Waals surface area contributed by atoms with Crippen LogP contribution in [0.2, 0.25) is 0 Å². The maximum absolute atomic E-state index is 12.9. The molecule has 0 atom stereocenters. The predicted octanol–water partition coefficient (Wildman–Crippen LogP) is 4.37. The van der Waals surface area contributed by atoms with Crippen molar-refractivity contribution in [2.24, 2.45) is 0 Å². The number of amides is 2. The molecule has 0 fully saturated rings. The highest BCUT2D eigenvalue weighted by Crippen LogP contribution is 2.23. The van der Waals surface area contributed by atoms with Crippen molar-refractivity contribution in [3.05, 3.63) is 58.6 Å². The van der Waals surface area contributed by atoms with Gasteiger partial charge in [-0.15, -0.1) is 0 Å². The maximum atomic E-state index is 12.9. The predicted molar refractivity (Wildman–Crippen MR) is 73.1 cm³/mol. The fourth-order valence-electron chi connectivity index (χ4n) is 1.44. The van der Waals surface area contributed by atoms with E-state index in [1.807, 2.05) is 0 Å². The maximum Gasteiger partial charge on any atom is 0.323 e. The summed E-state index contributed by atoms with van der Waals surface area (Å²) in [6.45, 7) is 0. The lowest BCUT2D eigenvalue weighted by atomic mass is 10.3. The Morgan fingerprint density at radius 1 is 1.00 bits per heavy atom. The van der Waals surface area contributed by atoms with Crippen LogP contribution in [0.1, 0.15) is 0 Å². The average molecular weight is 327 g/mol. The van der Waals surface area contributed by atoms with Crippen LogP contribution in [0.5, 0.6) is 0 Å². The summed E-state index contributed by atoms with van der Waals surface area (Å²) in [6, 6.07) is 8.85. The SMILES string of the molecule is O=C(Nc1cccc(F)c1)Nc1ccc(F)cc1Br. The van der Waals surface area contributed by atoms with E-state index in [1.165, 1.54) is 36.4 Å². The van der Waals surface area contributed by atoms with Crippen LogP contribution in [0.25, 0.3) is 0 Å². The zero-order valence-corrected chi connectivity index (χ0v) is 11.2. The molecule has 2 aromatic carbocycles. The number of rotatable bonds is 2. The lowest BCUT2D eigenvalue weighted by Gasteiger charge is -2.09. The molecule has 0 spiro atoms. The molecule has 0 aromatic heterocycles. The quantitative estimate of drug-likeness (QED) is 0.845. The van der Waals surface area contributed by atoms with E-state index in [0.717, 1.165) is 0 Å². The normalized spacial score (nSPS) is 10.1. The molecule has 0 bridgehead atoms. The molecule has 98 valence electrons. The molecule has 3 nitrogen and oxygen atoms in total. The molecule has 0 unspecified atom stereocenters. The summed E-state index contributed by atoms with van der Waals surface area (Å²) in [7, 11) is 0. The van der Waals surface area contributed by atoms with E-state index in [2.05, 4.69) is 26.6 Å². The van der Waals surface area contributed by atoms with Gasteiger partial charge in [0.1, 0.15) is 11.6 Å². The van der Waals surface area contributed by atoms with Crippen LogP contribution < -0.4 is 10.6 Å². The molecule has 2 N–H and O–H groups in total. The van der Waals surface area contributed by atoms with Crippen molar-refractivity contribution in [2.75, 3.05) is 10.6 Å². The third-order valence-electron chi connectivity index (χ3n) is 2.26. The van der Waals surface area contributed by atoms with Gasteiger partial charge in [0.25, 0.3) is 0 Å². The first kappa shape index (κ1) is 13.5. The number of anilines is 2. The van der Waals surface area contributed by atoms with E-state index in [-0.39, 0.29) is 0 Å². The standard InChI is InChI=1S/C13H9BrF2N2O/c14-11-7-9(16)4-5-12(11)18-13(19)17-10-3-1-2-8(15)6-10/h1-7H,(H2,17,18,19). The number of nitrogens with one attached hydrogen (secondary N) is 2. The van der Waals surface area contributed by atoms with Gasteiger partial charge in [-0.1, -0.05) is 6.07 Å². The minimum absolute atomic E-state index is 0.329. The van der Waals surface area contributed by atoms with Gasteiger partial charge in [0.05, 0.1) is 5.69 Å². The minimum Gasteiger partial charge on any atom is -0.308 e. The summed E-state index contributed by atoms with van der Waals surface area (Å²) in [4.78, 5) is 11.7. The molecule has 6 heteroatoms. The zero-order valence-electron chi connectivity index (χ0n) is 9.58. The summed E-state index contributed by atoms with van der Waals surface area (Å²) >= 11 is 3.13. The number of carbonyl (C=O) groups excluding carboxylic acids is 1. The second-order valence-corrected chi connectivity index (χ2v) is 4.57. The number of carbonyl (C=O) groups is 1. The van der Waals surface area contributed by atoms with Gasteiger partial charge < -0.3 is 10.6 Å². The highest BCUT2D eigenvalue weighted by molar-refractivity contribution is 9.10. The van der Waals surface area contributed by atoms with Gasteiger partial charge in [-0.3, -0.25) is 0 Å². The van der Waals surface area contributed by atoms with Crippen LogP contribution in [0.15, 0.2) is 46.9 Å². The van der Waals surface area contributed by atoms with E-state index in [9.17, 15) is 13.6 Å². The van der Waals surface area contributed by atoms with Crippen LogP contribution >= 0.6 is 15.9 Å². The molecule has 0 radical (unpaired) electrons. The Bertz CT molecular complexity index is 619. The molecule has 19 heavy (non-hydrogen) atoms. The van der Waals surface area contributed by atoms with Gasteiger partial charge in [0, 0.05) is 10.2 Å². The lowest BCUT2D eigenvalue weighted by molar-refractivity contribution is 0.262. The smallest absolute Gasteiger partial charge is 0.308 e. The summed E-state index contributed by atoms with van der Waals surface area (Å²) in [5, 5.41) is 4.99. The number of urea groups is 1. The molecule has 0 aliphatic rings. The third-order valence-corrected chi connectivity index (χ3v) is 2.92. The molecule has 0 saturated carbocycles. The Morgan fingerprint density at radius 2 is 1.74 bits per heavy atom. The van der Waals surface area contributed by atoms with Gasteiger partial charge in [0.2, 0.25) is 0 Å². The second-order valence-electron chi connectivity index (χ2n) is 3.71. The average Bonchev–Trinajstić information content (AvgIpc) is 2.33. The first-order valence-corrected chi connectivity index (χ1v) is 6.12. The zero-order chi connectivity index (χ0) is 13.8. The first-order chi connectivity index (χ1) is 9.04. The van der Waals surface area contributed by atoms with Crippen molar-refractivity contribution in [3.8, 4) is 0 Å². The molecular weight excluding hydrogens is 318 g/mol. The van der Waals surface area contributed by atoms with E-state index < -0.39 is 17.7 Å². The van der Waals surface area contributed by atoms with Gasteiger partial charge in [0.15, 0.2) is 0 Å². The van der Waals surface area contributed by atoms with Crippen LogP contribution in [0, 0.1) is 11.6 Å². The molecular formula is C13H9BrF2N2O.